The summed E-state index contributed by atoms with van der Waals surface area (Å²) in [4.78, 5) is 0. The summed E-state index contributed by atoms with van der Waals surface area (Å²) in [5, 5.41) is 10.3. The van der Waals surface area contributed by atoms with E-state index >= 15 is 0 Å². The summed E-state index contributed by atoms with van der Waals surface area (Å²) in [5.41, 5.74) is 6.85. The Labute approximate surface area is 99.3 Å². The SMILES string of the molecule is CCC(c1ccccc1)c1nnc(CN)s1. The Morgan fingerprint density at radius 3 is 2.56 bits per heavy atom. The van der Waals surface area contributed by atoms with Crippen LogP contribution in [0.2, 0.25) is 0 Å². The standard InChI is InChI=1S/C12H15N3S/c1-2-10(9-6-4-3-5-7-9)12-15-14-11(8-13)16-12/h3-7,10H,2,8,13H2,1H3. The van der Waals surface area contributed by atoms with Crippen LogP contribution >= 0.6 is 11.3 Å². The first-order valence-corrected chi connectivity index (χ1v) is 6.24. The molecule has 2 rings (SSSR count). The largest absolute Gasteiger partial charge is 0.324 e. The van der Waals surface area contributed by atoms with Crippen LogP contribution in [0.3, 0.4) is 0 Å². The van der Waals surface area contributed by atoms with Gasteiger partial charge in [-0.3, -0.25) is 0 Å². The van der Waals surface area contributed by atoms with E-state index in [9.17, 15) is 0 Å². The molecule has 0 aliphatic heterocycles. The van der Waals surface area contributed by atoms with Crippen molar-refractivity contribution in [3.8, 4) is 0 Å². The molecule has 84 valence electrons. The molecular formula is C12H15N3S. The van der Waals surface area contributed by atoms with E-state index in [2.05, 4.69) is 41.4 Å². The molecule has 0 fully saturated rings. The zero-order chi connectivity index (χ0) is 11.4. The summed E-state index contributed by atoms with van der Waals surface area (Å²) in [5.74, 6) is 0.346. The highest BCUT2D eigenvalue weighted by molar-refractivity contribution is 7.11. The lowest BCUT2D eigenvalue weighted by molar-refractivity contribution is 0.752. The predicted octanol–water partition coefficient (Wildman–Crippen LogP) is 2.54. The van der Waals surface area contributed by atoms with Crippen LogP contribution in [-0.2, 0) is 6.54 Å². The summed E-state index contributed by atoms with van der Waals surface area (Å²) in [7, 11) is 0. The van der Waals surface area contributed by atoms with Crippen LogP contribution in [0, 0.1) is 0 Å². The van der Waals surface area contributed by atoms with E-state index in [-0.39, 0.29) is 0 Å². The Kier molecular flexibility index (Phi) is 3.64. The Balaban J connectivity index is 2.29. The molecule has 1 aromatic carbocycles. The van der Waals surface area contributed by atoms with Gasteiger partial charge < -0.3 is 5.73 Å². The summed E-state index contributed by atoms with van der Waals surface area (Å²) in [6.45, 7) is 2.64. The van der Waals surface area contributed by atoms with Gasteiger partial charge in [0.05, 0.1) is 0 Å². The molecule has 0 spiro atoms. The maximum Gasteiger partial charge on any atom is 0.131 e. The quantitative estimate of drug-likeness (QED) is 0.883. The number of nitrogens with zero attached hydrogens (tertiary/aromatic N) is 2. The van der Waals surface area contributed by atoms with Gasteiger partial charge in [-0.15, -0.1) is 10.2 Å². The van der Waals surface area contributed by atoms with Gasteiger partial charge in [0, 0.05) is 12.5 Å². The average Bonchev–Trinajstić information content (AvgIpc) is 2.80. The third-order valence-electron chi connectivity index (χ3n) is 2.57. The van der Waals surface area contributed by atoms with Crippen LogP contribution in [-0.4, -0.2) is 10.2 Å². The molecule has 0 saturated heterocycles. The molecule has 1 unspecified atom stereocenters. The highest BCUT2D eigenvalue weighted by Crippen LogP contribution is 2.29. The van der Waals surface area contributed by atoms with Crippen molar-refractivity contribution in [3.05, 3.63) is 45.9 Å². The second kappa shape index (κ2) is 5.18. The van der Waals surface area contributed by atoms with Gasteiger partial charge in [0.15, 0.2) is 0 Å². The van der Waals surface area contributed by atoms with Crippen LogP contribution in [0.25, 0.3) is 0 Å². The van der Waals surface area contributed by atoms with E-state index in [1.807, 2.05) is 6.07 Å². The first-order valence-electron chi connectivity index (χ1n) is 5.42. The predicted molar refractivity (Wildman–Crippen MR) is 66.4 cm³/mol. The van der Waals surface area contributed by atoms with Crippen LogP contribution in [0.4, 0.5) is 0 Å². The molecule has 2 N–H and O–H groups in total. The minimum atomic E-state index is 0.346. The molecule has 2 aromatic rings. The molecule has 1 heterocycles. The average molecular weight is 233 g/mol. The van der Waals surface area contributed by atoms with Crippen molar-refractivity contribution in [3.63, 3.8) is 0 Å². The lowest BCUT2D eigenvalue weighted by Crippen LogP contribution is -1.98. The Morgan fingerprint density at radius 1 is 1.25 bits per heavy atom. The molecule has 0 amide bonds. The number of hydrogen-bond acceptors (Lipinski definition) is 4. The lowest BCUT2D eigenvalue weighted by atomic mass is 9.97. The van der Waals surface area contributed by atoms with Gasteiger partial charge >= 0.3 is 0 Å². The smallest absolute Gasteiger partial charge is 0.131 e. The van der Waals surface area contributed by atoms with Crippen LogP contribution in [0.1, 0.15) is 34.8 Å². The van der Waals surface area contributed by atoms with E-state index in [0.29, 0.717) is 12.5 Å². The minimum absolute atomic E-state index is 0.346. The van der Waals surface area contributed by atoms with Gasteiger partial charge in [-0.1, -0.05) is 48.6 Å². The molecular weight excluding hydrogens is 218 g/mol. The third kappa shape index (κ3) is 2.28. The zero-order valence-electron chi connectivity index (χ0n) is 9.26. The van der Waals surface area contributed by atoms with Crippen LogP contribution in [0.5, 0.6) is 0 Å². The summed E-state index contributed by atoms with van der Waals surface area (Å²) in [6, 6.07) is 10.4. The number of benzene rings is 1. The van der Waals surface area contributed by atoms with Crippen molar-refractivity contribution >= 4 is 11.3 Å². The van der Waals surface area contributed by atoms with E-state index in [1.54, 1.807) is 11.3 Å². The van der Waals surface area contributed by atoms with Gasteiger partial charge in [-0.2, -0.15) is 0 Å². The van der Waals surface area contributed by atoms with Crippen LogP contribution in [0.15, 0.2) is 30.3 Å². The molecule has 0 saturated carbocycles. The van der Waals surface area contributed by atoms with Crippen LogP contribution < -0.4 is 5.73 Å². The highest BCUT2D eigenvalue weighted by Gasteiger charge is 2.16. The van der Waals surface area contributed by atoms with Gasteiger partial charge in [-0.05, 0) is 12.0 Å². The maximum atomic E-state index is 5.55. The van der Waals surface area contributed by atoms with Gasteiger partial charge in [0.1, 0.15) is 10.0 Å². The third-order valence-corrected chi connectivity index (χ3v) is 3.62. The van der Waals surface area contributed by atoms with Gasteiger partial charge in [-0.25, -0.2) is 0 Å². The first-order chi connectivity index (χ1) is 7.85. The van der Waals surface area contributed by atoms with E-state index in [4.69, 9.17) is 5.73 Å². The first kappa shape index (κ1) is 11.2. The lowest BCUT2D eigenvalue weighted by Gasteiger charge is -2.10. The molecule has 0 bridgehead atoms. The Morgan fingerprint density at radius 2 is 2.00 bits per heavy atom. The monoisotopic (exact) mass is 233 g/mol. The molecule has 3 nitrogen and oxygen atoms in total. The Bertz CT molecular complexity index is 439. The van der Waals surface area contributed by atoms with E-state index in [0.717, 1.165) is 16.4 Å². The fraction of sp³-hybridized carbons (Fsp3) is 0.333. The topological polar surface area (TPSA) is 51.8 Å². The van der Waals surface area contributed by atoms with Crippen molar-refractivity contribution in [1.29, 1.82) is 0 Å². The second-order valence-electron chi connectivity index (χ2n) is 3.61. The zero-order valence-corrected chi connectivity index (χ0v) is 10.1. The second-order valence-corrected chi connectivity index (χ2v) is 4.70. The molecule has 0 radical (unpaired) electrons. The van der Waals surface area contributed by atoms with Crippen molar-refractivity contribution < 1.29 is 0 Å². The molecule has 1 atom stereocenters. The summed E-state index contributed by atoms with van der Waals surface area (Å²) in [6.07, 6.45) is 1.03. The minimum Gasteiger partial charge on any atom is -0.324 e. The molecule has 0 aliphatic rings. The summed E-state index contributed by atoms with van der Waals surface area (Å²) >= 11 is 1.61. The Hall–Kier alpha value is -1.26. The van der Waals surface area contributed by atoms with Crippen molar-refractivity contribution in [1.82, 2.24) is 10.2 Å². The number of rotatable bonds is 4. The normalized spacial score (nSPS) is 12.6. The van der Waals surface area contributed by atoms with E-state index in [1.165, 1.54) is 5.56 Å². The van der Waals surface area contributed by atoms with Crippen molar-refractivity contribution in [2.75, 3.05) is 0 Å². The molecule has 1 aromatic heterocycles. The number of hydrogen-bond donors (Lipinski definition) is 1. The summed E-state index contributed by atoms with van der Waals surface area (Å²) < 4.78 is 0. The maximum absolute atomic E-state index is 5.55. The van der Waals surface area contributed by atoms with Crippen molar-refractivity contribution in [2.45, 2.75) is 25.8 Å². The van der Waals surface area contributed by atoms with Gasteiger partial charge in [0.25, 0.3) is 0 Å². The highest BCUT2D eigenvalue weighted by atomic mass is 32.1. The fourth-order valence-corrected chi connectivity index (χ4v) is 2.66. The number of nitrogens with two attached hydrogens (primary N) is 1. The fourth-order valence-electron chi connectivity index (χ4n) is 1.73. The molecule has 4 heteroatoms. The number of aromatic nitrogens is 2. The molecule has 0 aliphatic carbocycles. The molecule has 16 heavy (non-hydrogen) atoms. The van der Waals surface area contributed by atoms with Crippen molar-refractivity contribution in [2.24, 2.45) is 5.73 Å². The van der Waals surface area contributed by atoms with E-state index < -0.39 is 0 Å². The van der Waals surface area contributed by atoms with Gasteiger partial charge in [0.2, 0.25) is 0 Å².